The number of furan rings is 1. The number of benzene rings is 7. The second-order valence-corrected chi connectivity index (χ2v) is 49.0. The molecule has 9 aromatic rings. The zero-order valence-corrected chi connectivity index (χ0v) is 89.3. The van der Waals surface area contributed by atoms with E-state index in [1.165, 1.54) is 177 Å². The van der Waals surface area contributed by atoms with Gasteiger partial charge in [-0.25, -0.2) is 24.0 Å². The molecule has 7 aromatic carbocycles. The molecule has 8 aliphatic carbocycles. The second-order valence-electron chi connectivity index (χ2n) is 49.0. The molecule has 1 saturated heterocycles. The number of rotatable bonds is 19. The lowest BCUT2D eigenvalue weighted by atomic mass is 9.60. The van der Waals surface area contributed by atoms with Crippen molar-refractivity contribution in [2.75, 3.05) is 13.2 Å². The third-order valence-electron chi connectivity index (χ3n) is 33.8. The van der Waals surface area contributed by atoms with Gasteiger partial charge in [-0.2, -0.15) is 0 Å². The first-order chi connectivity index (χ1) is 66.3. The molecule has 0 radical (unpaired) electrons. The zero-order valence-electron chi connectivity index (χ0n) is 89.3. The van der Waals surface area contributed by atoms with E-state index in [0.717, 1.165) is 109 Å². The molecule has 3 atom stereocenters. The number of fused-ring (bicyclic) bond motifs is 7. The predicted molar refractivity (Wildman–Crippen MR) is 574 cm³/mol. The Hall–Kier alpha value is -11.9. The topological polar surface area (TPSA) is 266 Å². The number of carbonyl (C=O) groups is 5. The summed E-state index contributed by atoms with van der Waals surface area (Å²) in [5.74, 6) is -1.11. The van der Waals surface area contributed by atoms with Crippen LogP contribution in [0, 0.1) is 26.7 Å². The highest BCUT2D eigenvalue weighted by molar-refractivity contribution is 6.14. The van der Waals surface area contributed by atoms with Gasteiger partial charge in [0.15, 0.2) is 0 Å². The van der Waals surface area contributed by atoms with Crippen LogP contribution in [0.4, 0.5) is 0 Å². The number of aromatic carboxylic acids is 3. The van der Waals surface area contributed by atoms with Crippen LogP contribution in [0.3, 0.4) is 0 Å². The van der Waals surface area contributed by atoms with E-state index in [1.807, 2.05) is 43.4 Å². The van der Waals surface area contributed by atoms with Gasteiger partial charge in [0.05, 0.1) is 29.0 Å². The number of ether oxygens (including phenoxy) is 1. The first-order valence-electron chi connectivity index (χ1n) is 51.6. The van der Waals surface area contributed by atoms with Gasteiger partial charge in [0.25, 0.3) is 0 Å². The number of aryl methyl sites for hydroxylation is 4. The zero-order chi connectivity index (χ0) is 104. The summed E-state index contributed by atoms with van der Waals surface area (Å²) in [4.78, 5) is 59.8. The first-order valence-corrected chi connectivity index (χ1v) is 51.6. The van der Waals surface area contributed by atoms with Crippen molar-refractivity contribution >= 4 is 53.3 Å². The van der Waals surface area contributed by atoms with Crippen LogP contribution in [0.2, 0.25) is 0 Å². The van der Waals surface area contributed by atoms with Gasteiger partial charge in [-0.15, -0.1) is 0 Å². The normalized spacial score (nSPS) is 22.0. The summed E-state index contributed by atoms with van der Waals surface area (Å²) in [6.07, 6.45) is 32.6. The van der Waals surface area contributed by atoms with Crippen molar-refractivity contribution in [1.82, 2.24) is 10.3 Å². The fourth-order valence-corrected chi connectivity index (χ4v) is 24.0. The fraction of sp³-hybridized carbons (Fsp3) is 0.468. The van der Waals surface area contributed by atoms with E-state index in [2.05, 4.69) is 260 Å². The van der Waals surface area contributed by atoms with Gasteiger partial charge in [-0.1, -0.05) is 242 Å². The van der Waals surface area contributed by atoms with E-state index < -0.39 is 29.8 Å². The standard InChI is InChI=1S/C28H33NO2.C26H36O3.C25H30O3.C24H29NO2.C23H27NO3/c1-17-11-22-23(27(4,5)10-9-26(22,2)3)14-21(17)28-15-20(28)16-29-24(28)13-18-7-6-8-19(12-18)25(30)31;1-8-14-29-23-17-22-21(25(4,5)12-13-26(22,6)7)16-20(23)19(3)11-9-10-18(2)15-24(27)28;1-24(2)13-14-25(3,4)23-18(8-5-9-20(23)24)17-7-6-10-21-19(17)15-16(28-21)11-12-22(26)27;1-15-12-18-19(23(4,5)9-8-22(18,2)3)13-17(15)24(10-11-24)20-7-6-16(14-25-20)21(26)27;1-14-12-18-19(23(4,5)11-10-22(18,2)3)13-17(14)20(24-27)15-6-8-16(9-7-15)21(25)26/h6-8,11-14,20,29H,9-10,15-16H2,1-5H3,(H,30,31);9-11,15-17H,8,12-14H2,1-7H3,(H,27,28);5,8-9,11-12,15,17H,6-7,10,13-14H2,1-4H3,(H,26,27);6-7,12-14H,8-11H2,1-5H3,(H,26,27);6-9,12-13,27H,10-11H2,1-5H3,(H,25,26)/b24-13-;10-9+,18-15+,19-11-;12-11+;;24-20-. The number of hydrogen-bond donors (Lipinski definition) is 7. The summed E-state index contributed by atoms with van der Waals surface area (Å²) in [5, 5.41) is 62.3. The molecule has 18 rings (SSSR count). The second kappa shape index (κ2) is 39.7. The average Bonchev–Trinajstić information content (AvgIpc) is 1.52. The van der Waals surface area contributed by atoms with Gasteiger partial charge in [0.2, 0.25) is 0 Å². The molecule has 0 bridgehead atoms. The summed E-state index contributed by atoms with van der Waals surface area (Å²) in [6.45, 7) is 61.1. The molecule has 2 aromatic heterocycles. The Kier molecular flexibility index (Phi) is 29.6. The third-order valence-corrected chi connectivity index (χ3v) is 33.8. The lowest BCUT2D eigenvalue weighted by Gasteiger charge is -2.44. The van der Waals surface area contributed by atoms with Gasteiger partial charge in [-0.05, 0) is 376 Å². The molecule has 752 valence electrons. The molecule has 3 unspecified atom stereocenters. The number of piperidine rings is 1. The number of nitrogens with one attached hydrogen (secondary N) is 1. The van der Waals surface area contributed by atoms with Crippen LogP contribution in [0.15, 0.2) is 191 Å². The van der Waals surface area contributed by atoms with Crippen LogP contribution in [0.25, 0.3) is 17.7 Å². The number of aliphatic carboxylic acids is 2. The molecular formula is C126H155N3O13. The maximum atomic E-state index is 11.4. The third kappa shape index (κ3) is 21.7. The number of oxime groups is 1. The van der Waals surface area contributed by atoms with Gasteiger partial charge in [-0.3, -0.25) is 4.98 Å². The molecule has 16 heteroatoms. The van der Waals surface area contributed by atoms with Crippen LogP contribution in [-0.2, 0) is 81.0 Å². The quantitative estimate of drug-likeness (QED) is 0.0130. The Morgan fingerprint density at radius 3 is 1.46 bits per heavy atom. The van der Waals surface area contributed by atoms with Crippen molar-refractivity contribution in [2.24, 2.45) is 11.1 Å². The molecule has 7 N–H and O–H groups in total. The molecular weight excluding hydrogens is 1760 g/mol. The van der Waals surface area contributed by atoms with Gasteiger partial charge < -0.3 is 45.2 Å². The maximum absolute atomic E-state index is 11.4. The highest BCUT2D eigenvalue weighted by Crippen LogP contribution is 2.65. The number of carboxylic acid groups (broad SMARTS) is 5. The predicted octanol–water partition coefficient (Wildman–Crippen LogP) is 29.7. The molecule has 0 spiro atoms. The largest absolute Gasteiger partial charge is 0.493 e. The molecule has 2 saturated carbocycles. The average molecular weight is 1920 g/mol. The van der Waals surface area contributed by atoms with Crippen molar-refractivity contribution < 1.29 is 63.9 Å². The van der Waals surface area contributed by atoms with E-state index in [0.29, 0.717) is 46.6 Å². The number of hydrogen-bond acceptors (Lipinski definition) is 11. The number of aromatic nitrogens is 1. The van der Waals surface area contributed by atoms with Crippen molar-refractivity contribution in [3.63, 3.8) is 0 Å². The minimum Gasteiger partial charge on any atom is -0.493 e. The fourth-order valence-electron chi connectivity index (χ4n) is 24.0. The lowest BCUT2D eigenvalue weighted by molar-refractivity contribution is -0.132. The first kappa shape index (κ1) is 106. The van der Waals surface area contributed by atoms with Crippen LogP contribution in [0.5, 0.6) is 5.75 Å². The minimum atomic E-state index is -0.974. The smallest absolute Gasteiger partial charge is 0.337 e. The van der Waals surface area contributed by atoms with Crippen LogP contribution >= 0.6 is 0 Å². The highest BCUT2D eigenvalue weighted by Gasteiger charge is 2.63. The number of allylic oxidation sites excluding steroid dienone is 6. The summed E-state index contributed by atoms with van der Waals surface area (Å²) in [6, 6.07) is 45.0. The summed E-state index contributed by atoms with van der Waals surface area (Å²) < 4.78 is 12.2. The molecule has 3 heterocycles. The Balaban J connectivity index is 0.000000141. The molecule has 142 heavy (non-hydrogen) atoms. The van der Waals surface area contributed by atoms with Crippen LogP contribution in [-0.4, -0.2) is 84.4 Å². The van der Waals surface area contributed by atoms with Crippen molar-refractivity contribution in [3.8, 4) is 5.75 Å². The number of nitrogens with zero attached hydrogens (tertiary/aromatic N) is 2. The molecule has 3 fully saturated rings. The SMILES string of the molecule is CC1(C)CCC(C)(C)c2c(C3CCCc4oc(/C=C/C(=O)O)cc43)cccc21.CCCOc1cc2c(cc1\C(C)=C/C=C/C(C)=C/C(=O)O)C(C)(C)CCC2(C)C.Cc1cc2c(cc1/C(=N\O)c1ccc(C(=O)O)cc1)C(C)(C)CCC2(C)C.Cc1cc2c(cc1C1(c3ccc(C(=O)O)cn3)CC1)C(C)(C)CCC2(C)C.Cc1cc2c(cc1C13CC1CN/C3=C\c1cccc(C(=O)O)c1)C(C)(C)CCC2(C)C. The Morgan fingerprint density at radius 2 is 0.958 bits per heavy atom. The molecule has 1 aliphatic heterocycles. The number of carboxylic acids is 5. The van der Waals surface area contributed by atoms with Crippen molar-refractivity contribution in [2.45, 2.75) is 360 Å². The molecule has 0 amide bonds. The summed E-state index contributed by atoms with van der Waals surface area (Å²) >= 11 is 0. The Bertz CT molecular complexity index is 6590. The molecule has 16 nitrogen and oxygen atoms in total. The van der Waals surface area contributed by atoms with E-state index >= 15 is 0 Å². The summed E-state index contributed by atoms with van der Waals surface area (Å²) in [7, 11) is 0. The monoisotopic (exact) mass is 1920 g/mol. The maximum Gasteiger partial charge on any atom is 0.337 e. The van der Waals surface area contributed by atoms with Gasteiger partial charge >= 0.3 is 29.8 Å². The van der Waals surface area contributed by atoms with Crippen molar-refractivity contribution in [1.29, 1.82) is 0 Å². The van der Waals surface area contributed by atoms with Crippen molar-refractivity contribution in [3.05, 3.63) is 332 Å². The van der Waals surface area contributed by atoms with E-state index in [4.69, 9.17) is 29.6 Å². The van der Waals surface area contributed by atoms with Gasteiger partial charge in [0.1, 0.15) is 23.0 Å². The molecule has 9 aliphatic rings. The van der Waals surface area contributed by atoms with E-state index in [-0.39, 0.29) is 76.1 Å². The van der Waals surface area contributed by atoms with E-state index in [1.54, 1.807) is 43.3 Å². The minimum absolute atomic E-state index is 0.0478. The Labute approximate surface area is 844 Å². The number of pyridine rings is 1. The lowest BCUT2D eigenvalue weighted by Crippen LogP contribution is -2.35. The highest BCUT2D eigenvalue weighted by atomic mass is 16.5. The van der Waals surface area contributed by atoms with E-state index in [9.17, 15) is 34.3 Å². The Morgan fingerprint density at radius 1 is 0.479 bits per heavy atom. The van der Waals surface area contributed by atoms with Gasteiger partial charge in [0, 0.05) is 76.0 Å². The van der Waals surface area contributed by atoms with Crippen LogP contribution < -0.4 is 10.1 Å². The summed E-state index contributed by atoms with van der Waals surface area (Å²) in [5.41, 5.74) is 34.4. The van der Waals surface area contributed by atoms with Crippen LogP contribution in [0.1, 0.15) is 433 Å².